The van der Waals surface area contributed by atoms with Crippen LogP contribution in [0, 0.1) is 6.92 Å². The van der Waals surface area contributed by atoms with Crippen LogP contribution in [-0.2, 0) is 4.74 Å². The topological polar surface area (TPSA) is 93.2 Å². The lowest BCUT2D eigenvalue weighted by molar-refractivity contribution is 0.0600. The van der Waals surface area contributed by atoms with E-state index < -0.39 is 11.9 Å². The van der Waals surface area contributed by atoms with Gasteiger partial charge in [0.05, 0.1) is 23.4 Å². The fourth-order valence-corrected chi connectivity index (χ4v) is 2.61. The molecule has 0 unspecified atom stereocenters. The summed E-state index contributed by atoms with van der Waals surface area (Å²) in [6.07, 6.45) is 0. The van der Waals surface area contributed by atoms with Gasteiger partial charge in [-0.2, -0.15) is 0 Å². The van der Waals surface area contributed by atoms with Crippen LogP contribution in [0.3, 0.4) is 0 Å². The molecule has 3 aromatic rings. The van der Waals surface area contributed by atoms with Crippen molar-refractivity contribution in [2.24, 2.45) is 0 Å². The highest BCUT2D eigenvalue weighted by molar-refractivity contribution is 6.34. The average molecular weight is 397 g/mol. The summed E-state index contributed by atoms with van der Waals surface area (Å²) in [5.74, 6) is -0.712. The molecule has 2 N–H and O–H groups in total. The summed E-state index contributed by atoms with van der Waals surface area (Å²) in [4.78, 5) is 32.9. The van der Waals surface area contributed by atoms with Crippen LogP contribution in [0.25, 0.3) is 0 Å². The van der Waals surface area contributed by atoms with Crippen molar-refractivity contribution in [2.45, 2.75) is 6.92 Å². The second-order valence-corrected chi connectivity index (χ2v) is 6.26. The van der Waals surface area contributed by atoms with Gasteiger partial charge in [0.15, 0.2) is 0 Å². The minimum atomic E-state index is -0.528. The summed E-state index contributed by atoms with van der Waals surface area (Å²) in [7, 11) is 1.28. The van der Waals surface area contributed by atoms with E-state index in [2.05, 4.69) is 25.3 Å². The number of para-hydroxylation sites is 1. The van der Waals surface area contributed by atoms with Gasteiger partial charge in [-0.15, -0.1) is 0 Å². The monoisotopic (exact) mass is 396 g/mol. The molecule has 0 atom stereocenters. The number of aromatic nitrogens is 2. The molecule has 1 aromatic heterocycles. The summed E-state index contributed by atoms with van der Waals surface area (Å²) < 4.78 is 4.69. The lowest BCUT2D eigenvalue weighted by atomic mass is 10.2. The zero-order valence-electron chi connectivity index (χ0n) is 15.2. The van der Waals surface area contributed by atoms with Crippen molar-refractivity contribution in [2.75, 3.05) is 17.7 Å². The standard InChI is InChI=1S/C20H17ClN4O3/c1-12-10-17(25-20(22-12)23-14-6-4-3-5-7-14)18(26)24-16-11-13(19(27)28-2)8-9-15(16)21/h3-11H,1-2H3,(H,24,26)(H,22,23,25). The molecule has 8 heteroatoms. The van der Waals surface area contributed by atoms with Crippen LogP contribution in [0.2, 0.25) is 5.02 Å². The van der Waals surface area contributed by atoms with Crippen molar-refractivity contribution >= 4 is 40.8 Å². The van der Waals surface area contributed by atoms with Crippen molar-refractivity contribution < 1.29 is 14.3 Å². The Morgan fingerprint density at radius 3 is 2.50 bits per heavy atom. The fourth-order valence-electron chi connectivity index (χ4n) is 2.44. The number of carbonyl (C=O) groups excluding carboxylic acids is 2. The highest BCUT2D eigenvalue weighted by Crippen LogP contribution is 2.24. The molecule has 142 valence electrons. The summed E-state index contributed by atoms with van der Waals surface area (Å²) in [6.45, 7) is 1.76. The zero-order chi connectivity index (χ0) is 20.1. The number of ether oxygens (including phenoxy) is 1. The molecule has 0 aliphatic heterocycles. The average Bonchev–Trinajstić information content (AvgIpc) is 2.69. The molecule has 0 bridgehead atoms. The summed E-state index contributed by atoms with van der Waals surface area (Å²) in [5.41, 5.74) is 2.13. The largest absolute Gasteiger partial charge is 0.465 e. The van der Waals surface area contributed by atoms with Crippen LogP contribution in [-0.4, -0.2) is 29.0 Å². The third kappa shape index (κ3) is 4.63. The van der Waals surface area contributed by atoms with E-state index in [4.69, 9.17) is 11.6 Å². The molecule has 0 aliphatic rings. The number of esters is 1. The second kappa shape index (κ2) is 8.49. The number of nitrogens with zero attached hydrogens (tertiary/aromatic N) is 2. The van der Waals surface area contributed by atoms with Crippen molar-refractivity contribution in [1.82, 2.24) is 9.97 Å². The summed E-state index contributed by atoms with van der Waals surface area (Å²) in [6, 6.07) is 15.4. The highest BCUT2D eigenvalue weighted by atomic mass is 35.5. The Balaban J connectivity index is 1.84. The van der Waals surface area contributed by atoms with Gasteiger partial charge >= 0.3 is 5.97 Å². The Morgan fingerprint density at radius 2 is 1.79 bits per heavy atom. The number of rotatable bonds is 5. The first-order chi connectivity index (χ1) is 13.5. The Labute approximate surface area is 166 Å². The maximum atomic E-state index is 12.7. The minimum Gasteiger partial charge on any atom is -0.465 e. The van der Waals surface area contributed by atoms with E-state index in [0.717, 1.165) is 5.69 Å². The third-order valence-corrected chi connectivity index (χ3v) is 4.08. The number of halogens is 1. The lowest BCUT2D eigenvalue weighted by Gasteiger charge is -2.10. The van der Waals surface area contributed by atoms with Gasteiger partial charge in [-0.25, -0.2) is 14.8 Å². The van der Waals surface area contributed by atoms with Crippen molar-refractivity contribution in [3.05, 3.63) is 76.6 Å². The number of aryl methyl sites for hydroxylation is 1. The van der Waals surface area contributed by atoms with E-state index in [1.54, 1.807) is 13.0 Å². The van der Waals surface area contributed by atoms with E-state index >= 15 is 0 Å². The number of hydrogen-bond acceptors (Lipinski definition) is 6. The van der Waals surface area contributed by atoms with E-state index in [9.17, 15) is 9.59 Å². The minimum absolute atomic E-state index is 0.158. The number of nitrogens with one attached hydrogen (secondary N) is 2. The first-order valence-corrected chi connectivity index (χ1v) is 8.71. The van der Waals surface area contributed by atoms with Gasteiger partial charge in [0.25, 0.3) is 5.91 Å². The zero-order valence-corrected chi connectivity index (χ0v) is 15.9. The van der Waals surface area contributed by atoms with Crippen molar-refractivity contribution in [3.63, 3.8) is 0 Å². The maximum Gasteiger partial charge on any atom is 0.337 e. The number of methoxy groups -OCH3 is 1. The number of amides is 1. The quantitative estimate of drug-likeness (QED) is 0.627. The van der Waals surface area contributed by atoms with Gasteiger partial charge < -0.3 is 15.4 Å². The second-order valence-electron chi connectivity index (χ2n) is 5.85. The van der Waals surface area contributed by atoms with Gasteiger partial charge in [-0.1, -0.05) is 29.8 Å². The fraction of sp³-hybridized carbons (Fsp3) is 0.100. The normalized spacial score (nSPS) is 10.2. The lowest BCUT2D eigenvalue weighted by Crippen LogP contribution is -2.16. The molecule has 3 rings (SSSR count). The molecule has 1 heterocycles. The molecular weight excluding hydrogens is 380 g/mol. The molecule has 0 radical (unpaired) electrons. The molecule has 0 saturated heterocycles. The highest BCUT2D eigenvalue weighted by Gasteiger charge is 2.15. The molecule has 0 saturated carbocycles. The van der Waals surface area contributed by atoms with Gasteiger partial charge in [0, 0.05) is 11.4 Å². The third-order valence-electron chi connectivity index (χ3n) is 3.75. The van der Waals surface area contributed by atoms with Crippen molar-refractivity contribution in [1.29, 1.82) is 0 Å². The number of anilines is 3. The van der Waals surface area contributed by atoms with Gasteiger partial charge in [-0.05, 0) is 43.3 Å². The molecule has 2 aromatic carbocycles. The predicted octanol–water partition coefficient (Wildman–Crippen LogP) is 4.22. The first-order valence-electron chi connectivity index (χ1n) is 8.33. The van der Waals surface area contributed by atoms with E-state index in [1.165, 1.54) is 25.3 Å². The maximum absolute atomic E-state index is 12.7. The molecular formula is C20H17ClN4O3. The van der Waals surface area contributed by atoms with Crippen LogP contribution < -0.4 is 10.6 Å². The molecule has 7 nitrogen and oxygen atoms in total. The van der Waals surface area contributed by atoms with Gasteiger partial charge in [0.1, 0.15) is 5.69 Å². The molecule has 0 spiro atoms. The smallest absolute Gasteiger partial charge is 0.337 e. The first kappa shape index (κ1) is 19.3. The Bertz CT molecular complexity index is 1030. The predicted molar refractivity (Wildman–Crippen MR) is 107 cm³/mol. The molecule has 1 amide bonds. The van der Waals surface area contributed by atoms with Gasteiger partial charge in [-0.3, -0.25) is 4.79 Å². The Morgan fingerprint density at radius 1 is 1.04 bits per heavy atom. The molecule has 28 heavy (non-hydrogen) atoms. The number of hydrogen-bond donors (Lipinski definition) is 2. The van der Waals surface area contributed by atoms with E-state index in [0.29, 0.717) is 11.6 Å². The van der Waals surface area contributed by atoms with Crippen LogP contribution in [0.1, 0.15) is 26.5 Å². The molecule has 0 aliphatic carbocycles. The summed E-state index contributed by atoms with van der Waals surface area (Å²) in [5, 5.41) is 6.01. The van der Waals surface area contributed by atoms with E-state index in [-0.39, 0.29) is 22.0 Å². The van der Waals surface area contributed by atoms with Crippen molar-refractivity contribution in [3.8, 4) is 0 Å². The van der Waals surface area contributed by atoms with Crippen LogP contribution in [0.4, 0.5) is 17.3 Å². The number of carbonyl (C=O) groups is 2. The number of benzene rings is 2. The van der Waals surface area contributed by atoms with Crippen LogP contribution in [0.15, 0.2) is 54.6 Å². The summed E-state index contributed by atoms with van der Waals surface area (Å²) >= 11 is 6.13. The van der Waals surface area contributed by atoms with Crippen LogP contribution in [0.5, 0.6) is 0 Å². The van der Waals surface area contributed by atoms with Gasteiger partial charge in [0.2, 0.25) is 5.95 Å². The van der Waals surface area contributed by atoms with Crippen LogP contribution >= 0.6 is 11.6 Å². The SMILES string of the molecule is COC(=O)c1ccc(Cl)c(NC(=O)c2cc(C)nc(Nc3ccccc3)n2)c1. The Hall–Kier alpha value is -3.45. The van der Waals surface area contributed by atoms with E-state index in [1.807, 2.05) is 30.3 Å². The Kier molecular flexibility index (Phi) is 5.86. The molecule has 0 fully saturated rings.